The summed E-state index contributed by atoms with van der Waals surface area (Å²) in [6.07, 6.45) is 0. The number of hydrogen-bond acceptors (Lipinski definition) is 4. The summed E-state index contributed by atoms with van der Waals surface area (Å²) in [6, 6.07) is 14.5. The van der Waals surface area contributed by atoms with Crippen molar-refractivity contribution in [3.63, 3.8) is 0 Å². The number of amides is 1. The first-order chi connectivity index (χ1) is 13.6. The summed E-state index contributed by atoms with van der Waals surface area (Å²) < 4.78 is 34.9. The molecule has 0 saturated carbocycles. The summed E-state index contributed by atoms with van der Waals surface area (Å²) in [5.74, 6) is -0.0543. The Morgan fingerprint density at radius 3 is 2.39 bits per heavy atom. The predicted octanol–water partition coefficient (Wildman–Crippen LogP) is 3.64. The Balaban J connectivity index is 1.62. The first-order valence-electron chi connectivity index (χ1n) is 9.34. The van der Waals surface area contributed by atoms with Gasteiger partial charge < -0.3 is 14.4 Å². The lowest BCUT2D eigenvalue weighted by molar-refractivity contribution is -0.0514. The van der Waals surface area contributed by atoms with Gasteiger partial charge in [-0.15, -0.1) is 0 Å². The Hall–Kier alpha value is -2.67. The average Bonchev–Trinajstić information content (AvgIpc) is 2.70. The normalized spacial score (nSPS) is 14.9. The van der Waals surface area contributed by atoms with Gasteiger partial charge >= 0.3 is 6.61 Å². The average molecular weight is 390 g/mol. The highest BCUT2D eigenvalue weighted by atomic mass is 19.3. The van der Waals surface area contributed by atoms with Gasteiger partial charge in [0, 0.05) is 38.3 Å². The Morgan fingerprint density at radius 1 is 1.04 bits per heavy atom. The summed E-state index contributed by atoms with van der Waals surface area (Å²) in [5, 5.41) is 0. The van der Waals surface area contributed by atoms with Crippen LogP contribution in [0.4, 0.5) is 8.78 Å². The highest BCUT2D eigenvalue weighted by Gasteiger charge is 2.23. The molecule has 1 amide bonds. The van der Waals surface area contributed by atoms with Crippen LogP contribution in [0.15, 0.2) is 48.5 Å². The van der Waals surface area contributed by atoms with Gasteiger partial charge in [0.05, 0.1) is 6.61 Å². The lowest BCUT2D eigenvalue weighted by Gasteiger charge is -2.34. The molecule has 2 aromatic rings. The fraction of sp³-hybridized carbons (Fsp3) is 0.381. The molecule has 3 rings (SSSR count). The second kappa shape index (κ2) is 9.50. The van der Waals surface area contributed by atoms with E-state index < -0.39 is 6.61 Å². The number of carbonyl (C=O) groups is 1. The molecule has 0 spiro atoms. The van der Waals surface area contributed by atoms with Crippen molar-refractivity contribution in [3.8, 4) is 11.5 Å². The number of ether oxygens (including phenoxy) is 2. The molecule has 1 fully saturated rings. The van der Waals surface area contributed by atoms with Crippen LogP contribution in [0.1, 0.15) is 22.8 Å². The van der Waals surface area contributed by atoms with E-state index in [9.17, 15) is 13.6 Å². The summed E-state index contributed by atoms with van der Waals surface area (Å²) in [6.45, 7) is 2.74. The highest BCUT2D eigenvalue weighted by molar-refractivity contribution is 5.95. The van der Waals surface area contributed by atoms with Crippen LogP contribution in [0.25, 0.3) is 0 Å². The molecule has 0 atom stereocenters. The first kappa shape index (κ1) is 20.1. The van der Waals surface area contributed by atoms with Crippen molar-refractivity contribution in [2.45, 2.75) is 20.1 Å². The van der Waals surface area contributed by atoms with Gasteiger partial charge in [-0.2, -0.15) is 8.78 Å². The third kappa shape index (κ3) is 5.19. The van der Waals surface area contributed by atoms with E-state index in [2.05, 4.69) is 21.8 Å². The van der Waals surface area contributed by atoms with Crippen molar-refractivity contribution in [3.05, 3.63) is 59.7 Å². The molecule has 150 valence electrons. The summed E-state index contributed by atoms with van der Waals surface area (Å²) >= 11 is 0. The Morgan fingerprint density at radius 2 is 1.75 bits per heavy atom. The van der Waals surface area contributed by atoms with Crippen LogP contribution >= 0.6 is 0 Å². The van der Waals surface area contributed by atoms with E-state index in [1.807, 2.05) is 18.2 Å². The molecule has 7 heteroatoms. The van der Waals surface area contributed by atoms with E-state index in [1.165, 1.54) is 23.8 Å². The van der Waals surface area contributed by atoms with Crippen molar-refractivity contribution in [1.29, 1.82) is 0 Å². The SMILES string of the molecule is CCOc1cc(C(=O)N2CCN(Cc3ccccc3)CC2)ccc1OC(F)F. The molecule has 0 radical (unpaired) electrons. The van der Waals surface area contributed by atoms with Crippen LogP contribution in [0.5, 0.6) is 11.5 Å². The minimum atomic E-state index is -2.95. The highest BCUT2D eigenvalue weighted by Crippen LogP contribution is 2.30. The first-order valence-corrected chi connectivity index (χ1v) is 9.34. The number of benzene rings is 2. The summed E-state index contributed by atoms with van der Waals surface area (Å²) in [7, 11) is 0. The maximum atomic E-state index is 12.8. The topological polar surface area (TPSA) is 42.0 Å². The molecule has 5 nitrogen and oxygen atoms in total. The van der Waals surface area contributed by atoms with Crippen LogP contribution in [0.3, 0.4) is 0 Å². The summed E-state index contributed by atoms with van der Waals surface area (Å²) in [4.78, 5) is 16.9. The molecule has 0 aromatic heterocycles. The van der Waals surface area contributed by atoms with Crippen molar-refractivity contribution < 1.29 is 23.0 Å². The smallest absolute Gasteiger partial charge is 0.387 e. The molecule has 0 aliphatic carbocycles. The zero-order chi connectivity index (χ0) is 19.9. The van der Waals surface area contributed by atoms with Crippen molar-refractivity contribution in [1.82, 2.24) is 9.80 Å². The predicted molar refractivity (Wildman–Crippen MR) is 102 cm³/mol. The van der Waals surface area contributed by atoms with Crippen LogP contribution < -0.4 is 9.47 Å². The zero-order valence-electron chi connectivity index (χ0n) is 15.8. The van der Waals surface area contributed by atoms with Gasteiger partial charge in [0.1, 0.15) is 0 Å². The van der Waals surface area contributed by atoms with E-state index in [0.29, 0.717) is 18.7 Å². The number of hydrogen-bond donors (Lipinski definition) is 0. The third-order valence-electron chi connectivity index (χ3n) is 4.62. The number of alkyl halides is 2. The fourth-order valence-electron chi connectivity index (χ4n) is 3.24. The molecule has 28 heavy (non-hydrogen) atoms. The second-order valence-electron chi connectivity index (χ2n) is 6.53. The van der Waals surface area contributed by atoms with Gasteiger partial charge in [0.15, 0.2) is 11.5 Å². The quantitative estimate of drug-likeness (QED) is 0.724. The summed E-state index contributed by atoms with van der Waals surface area (Å²) in [5.41, 5.74) is 1.65. The lowest BCUT2D eigenvalue weighted by atomic mass is 10.1. The number of piperazine rings is 1. The Kier molecular flexibility index (Phi) is 6.81. The second-order valence-corrected chi connectivity index (χ2v) is 6.53. The van der Waals surface area contributed by atoms with Gasteiger partial charge in [0.2, 0.25) is 0 Å². The van der Waals surface area contributed by atoms with Crippen LogP contribution in [0, 0.1) is 0 Å². The third-order valence-corrected chi connectivity index (χ3v) is 4.62. The molecular weight excluding hydrogens is 366 g/mol. The van der Waals surface area contributed by atoms with Gasteiger partial charge in [-0.05, 0) is 30.7 Å². The number of halogens is 2. The maximum Gasteiger partial charge on any atom is 0.387 e. The van der Waals surface area contributed by atoms with E-state index in [0.717, 1.165) is 19.6 Å². The van der Waals surface area contributed by atoms with Crippen molar-refractivity contribution in [2.75, 3.05) is 32.8 Å². The molecule has 1 saturated heterocycles. The van der Waals surface area contributed by atoms with E-state index in [1.54, 1.807) is 11.8 Å². The van der Waals surface area contributed by atoms with Gasteiger partial charge in [-0.1, -0.05) is 30.3 Å². The molecule has 1 aliphatic heterocycles. The van der Waals surface area contributed by atoms with E-state index in [-0.39, 0.29) is 24.0 Å². The van der Waals surface area contributed by atoms with E-state index >= 15 is 0 Å². The minimum absolute atomic E-state index is 0.0684. The van der Waals surface area contributed by atoms with Gasteiger partial charge in [0.25, 0.3) is 5.91 Å². The minimum Gasteiger partial charge on any atom is -0.490 e. The number of rotatable bonds is 7. The lowest BCUT2D eigenvalue weighted by Crippen LogP contribution is -2.48. The largest absolute Gasteiger partial charge is 0.490 e. The molecule has 2 aromatic carbocycles. The molecule has 1 heterocycles. The Labute approximate surface area is 163 Å². The molecular formula is C21H24F2N2O3. The molecule has 0 unspecified atom stereocenters. The number of nitrogens with zero attached hydrogens (tertiary/aromatic N) is 2. The van der Waals surface area contributed by atoms with E-state index in [4.69, 9.17) is 4.74 Å². The zero-order valence-corrected chi connectivity index (χ0v) is 15.8. The van der Waals surface area contributed by atoms with Crippen molar-refractivity contribution in [2.24, 2.45) is 0 Å². The maximum absolute atomic E-state index is 12.8. The number of carbonyl (C=O) groups excluding carboxylic acids is 1. The van der Waals surface area contributed by atoms with Crippen LogP contribution in [-0.2, 0) is 6.54 Å². The van der Waals surface area contributed by atoms with Gasteiger partial charge in [-0.3, -0.25) is 9.69 Å². The van der Waals surface area contributed by atoms with Gasteiger partial charge in [-0.25, -0.2) is 0 Å². The molecule has 1 aliphatic rings. The molecule has 0 N–H and O–H groups in total. The van der Waals surface area contributed by atoms with Crippen LogP contribution in [0.2, 0.25) is 0 Å². The Bertz CT molecular complexity index is 778. The molecule has 0 bridgehead atoms. The van der Waals surface area contributed by atoms with Crippen LogP contribution in [-0.4, -0.2) is 55.1 Å². The van der Waals surface area contributed by atoms with Crippen molar-refractivity contribution >= 4 is 5.91 Å². The monoisotopic (exact) mass is 390 g/mol. The fourth-order valence-corrected chi connectivity index (χ4v) is 3.24. The standard InChI is InChI=1S/C21H24F2N2O3/c1-2-27-19-14-17(8-9-18(19)28-21(22)23)20(26)25-12-10-24(11-13-25)15-16-6-4-3-5-7-16/h3-9,14,21H,2,10-13,15H2,1H3.